The van der Waals surface area contributed by atoms with Crippen molar-refractivity contribution in [3.05, 3.63) is 152 Å². The van der Waals surface area contributed by atoms with Gasteiger partial charge in [0.25, 0.3) is 0 Å². The minimum absolute atomic E-state index is 0.845. The molecule has 3 heterocycles. The number of aromatic nitrogens is 3. The van der Waals surface area contributed by atoms with Gasteiger partial charge in [-0.3, -0.25) is 4.57 Å². The fourth-order valence-corrected chi connectivity index (χ4v) is 8.96. The van der Waals surface area contributed by atoms with Crippen molar-refractivity contribution < 1.29 is 0 Å². The van der Waals surface area contributed by atoms with Crippen molar-refractivity contribution in [1.82, 2.24) is 14.5 Å². The molecule has 3 aromatic heterocycles. The van der Waals surface area contributed by atoms with Crippen LogP contribution >= 0.6 is 11.3 Å². The van der Waals surface area contributed by atoms with E-state index in [1.165, 1.54) is 58.6 Å². The molecule has 11 rings (SSSR count). The van der Waals surface area contributed by atoms with E-state index in [2.05, 4.69) is 156 Å². The van der Waals surface area contributed by atoms with Gasteiger partial charge in [-0.2, -0.15) is 0 Å². The van der Waals surface area contributed by atoms with Gasteiger partial charge in [0.05, 0.1) is 11.0 Å². The van der Waals surface area contributed by atoms with Crippen LogP contribution in [0, 0.1) is 0 Å². The molecule has 0 aliphatic heterocycles. The lowest BCUT2D eigenvalue weighted by atomic mass is 9.91. The Morgan fingerprint density at radius 3 is 1.83 bits per heavy atom. The van der Waals surface area contributed by atoms with Crippen molar-refractivity contribution >= 4 is 96.7 Å². The SMILES string of the molecule is c1ccc(-c2nc3sc4ccccc4c3nc2-n2c3ccc4c5ccccc5c5ccccc5c4c3c3ccc4ccccc4c32)cc1. The van der Waals surface area contributed by atoms with Crippen molar-refractivity contribution in [2.24, 2.45) is 0 Å². The van der Waals surface area contributed by atoms with Crippen LogP contribution in [0.3, 0.4) is 0 Å². The molecule has 222 valence electrons. The Balaban J connectivity index is 1.42. The predicted octanol–water partition coefficient (Wildman–Crippen LogP) is 12.2. The number of hydrogen-bond acceptors (Lipinski definition) is 3. The number of benzene rings is 8. The van der Waals surface area contributed by atoms with Crippen LogP contribution in [0.2, 0.25) is 0 Å². The van der Waals surface area contributed by atoms with Crippen LogP contribution in [0.1, 0.15) is 0 Å². The summed E-state index contributed by atoms with van der Waals surface area (Å²) < 4.78 is 3.60. The molecule has 0 N–H and O–H groups in total. The Morgan fingerprint density at radius 1 is 0.438 bits per heavy atom. The zero-order valence-electron chi connectivity index (χ0n) is 25.7. The second kappa shape index (κ2) is 9.71. The summed E-state index contributed by atoms with van der Waals surface area (Å²) in [6.45, 7) is 0. The van der Waals surface area contributed by atoms with E-state index >= 15 is 0 Å². The Bertz CT molecular complexity index is 3080. The smallest absolute Gasteiger partial charge is 0.165 e. The lowest BCUT2D eigenvalue weighted by molar-refractivity contribution is 1.09. The summed E-state index contributed by atoms with van der Waals surface area (Å²) in [4.78, 5) is 12.0. The monoisotopic (exact) mass is 627 g/mol. The summed E-state index contributed by atoms with van der Waals surface area (Å²) in [7, 11) is 0. The van der Waals surface area contributed by atoms with Crippen LogP contribution in [0.4, 0.5) is 0 Å². The molecule has 0 aliphatic carbocycles. The van der Waals surface area contributed by atoms with E-state index in [9.17, 15) is 0 Å². The highest BCUT2D eigenvalue weighted by Crippen LogP contribution is 2.46. The number of hydrogen-bond donors (Lipinski definition) is 0. The molecule has 0 unspecified atom stereocenters. The average molecular weight is 628 g/mol. The first kappa shape index (κ1) is 26.0. The van der Waals surface area contributed by atoms with Crippen LogP contribution in [0.5, 0.6) is 0 Å². The number of thiophene rings is 1. The summed E-state index contributed by atoms with van der Waals surface area (Å²) >= 11 is 1.71. The highest BCUT2D eigenvalue weighted by molar-refractivity contribution is 7.25. The summed E-state index contributed by atoms with van der Waals surface area (Å²) in [6, 6.07) is 54.6. The van der Waals surface area contributed by atoms with Crippen molar-refractivity contribution in [3.63, 3.8) is 0 Å². The second-order valence-electron chi connectivity index (χ2n) is 12.5. The molecule has 8 aromatic carbocycles. The number of rotatable bonds is 2. The van der Waals surface area contributed by atoms with Gasteiger partial charge in [-0.1, -0.05) is 140 Å². The van der Waals surface area contributed by atoms with Gasteiger partial charge in [-0.05, 0) is 44.5 Å². The zero-order valence-corrected chi connectivity index (χ0v) is 26.5. The Kier molecular flexibility index (Phi) is 5.26. The fourth-order valence-electron chi connectivity index (χ4n) is 7.94. The predicted molar refractivity (Wildman–Crippen MR) is 205 cm³/mol. The molecule has 0 saturated carbocycles. The average Bonchev–Trinajstić information content (AvgIpc) is 3.70. The highest BCUT2D eigenvalue weighted by Gasteiger charge is 2.24. The maximum absolute atomic E-state index is 5.59. The van der Waals surface area contributed by atoms with Crippen LogP contribution < -0.4 is 0 Å². The largest absolute Gasteiger partial charge is 0.291 e. The Labute approximate surface area is 278 Å². The maximum atomic E-state index is 5.59. The zero-order chi connectivity index (χ0) is 31.3. The molecule has 3 nitrogen and oxygen atoms in total. The summed E-state index contributed by atoms with van der Waals surface area (Å²) in [5.74, 6) is 0.845. The van der Waals surface area contributed by atoms with E-state index in [1.54, 1.807) is 11.3 Å². The number of fused-ring (bicyclic) bond motifs is 15. The third-order valence-corrected chi connectivity index (χ3v) is 11.0. The van der Waals surface area contributed by atoms with Crippen molar-refractivity contribution in [1.29, 1.82) is 0 Å². The Morgan fingerprint density at radius 2 is 1.04 bits per heavy atom. The first-order chi connectivity index (χ1) is 23.8. The van der Waals surface area contributed by atoms with Gasteiger partial charge in [-0.15, -0.1) is 11.3 Å². The summed E-state index contributed by atoms with van der Waals surface area (Å²) in [6.07, 6.45) is 0. The van der Waals surface area contributed by atoms with E-state index in [0.29, 0.717) is 0 Å². The minimum atomic E-state index is 0.845. The molecule has 0 radical (unpaired) electrons. The fraction of sp³-hybridized carbons (Fsp3) is 0. The first-order valence-corrected chi connectivity index (χ1v) is 17.1. The second-order valence-corrected chi connectivity index (χ2v) is 13.5. The Hall–Kier alpha value is -6.10. The molecule has 0 amide bonds. The first-order valence-electron chi connectivity index (χ1n) is 16.3. The summed E-state index contributed by atoms with van der Waals surface area (Å²) in [5.41, 5.74) is 5.15. The quantitative estimate of drug-likeness (QED) is 0.179. The molecule has 4 heteroatoms. The van der Waals surface area contributed by atoms with E-state index in [0.717, 1.165) is 43.8 Å². The molecule has 0 aliphatic rings. The molecule has 0 fully saturated rings. The van der Waals surface area contributed by atoms with E-state index in [1.807, 2.05) is 0 Å². The molecule has 48 heavy (non-hydrogen) atoms. The summed E-state index contributed by atoms with van der Waals surface area (Å²) in [5, 5.41) is 13.6. The van der Waals surface area contributed by atoms with Gasteiger partial charge in [0.2, 0.25) is 0 Å². The molecule has 0 bridgehead atoms. The lowest BCUT2D eigenvalue weighted by Gasteiger charge is -2.14. The third-order valence-electron chi connectivity index (χ3n) is 9.97. The highest BCUT2D eigenvalue weighted by atomic mass is 32.1. The van der Waals surface area contributed by atoms with Crippen molar-refractivity contribution in [2.75, 3.05) is 0 Å². The molecule has 11 aromatic rings. The van der Waals surface area contributed by atoms with E-state index in [-0.39, 0.29) is 0 Å². The van der Waals surface area contributed by atoms with Gasteiger partial charge in [0, 0.05) is 37.2 Å². The molecular formula is C44H25N3S. The van der Waals surface area contributed by atoms with Gasteiger partial charge in [0.15, 0.2) is 5.82 Å². The standard InChI is InChI=1S/C44H25N3S/c1-2-13-27(14-3-1)40-43(45-41-34-20-10-11-21-37(34)48-44(41)46-40)47-36-25-24-33-31-18-7-6-16-29(31)30-17-8-9-19-32(30)38(33)39(36)35-23-22-26-12-4-5-15-28(26)42(35)47/h1-25H. The van der Waals surface area contributed by atoms with Crippen molar-refractivity contribution in [3.8, 4) is 17.1 Å². The van der Waals surface area contributed by atoms with Crippen LogP contribution in [-0.4, -0.2) is 14.5 Å². The molecule has 0 spiro atoms. The normalized spacial score (nSPS) is 12.2. The topological polar surface area (TPSA) is 30.7 Å². The molecule has 0 saturated heterocycles. The van der Waals surface area contributed by atoms with Crippen LogP contribution in [0.25, 0.3) is 102 Å². The van der Waals surface area contributed by atoms with E-state index < -0.39 is 0 Å². The van der Waals surface area contributed by atoms with Gasteiger partial charge < -0.3 is 0 Å². The van der Waals surface area contributed by atoms with Gasteiger partial charge in [-0.25, -0.2) is 9.97 Å². The van der Waals surface area contributed by atoms with Crippen molar-refractivity contribution in [2.45, 2.75) is 0 Å². The van der Waals surface area contributed by atoms with Crippen LogP contribution in [-0.2, 0) is 0 Å². The van der Waals surface area contributed by atoms with E-state index in [4.69, 9.17) is 9.97 Å². The lowest BCUT2D eigenvalue weighted by Crippen LogP contribution is -2.03. The third kappa shape index (κ3) is 3.47. The number of nitrogens with zero attached hydrogens (tertiary/aromatic N) is 3. The molecule has 0 atom stereocenters. The van der Waals surface area contributed by atoms with Gasteiger partial charge >= 0.3 is 0 Å². The maximum Gasteiger partial charge on any atom is 0.165 e. The minimum Gasteiger partial charge on any atom is -0.291 e. The van der Waals surface area contributed by atoms with Crippen LogP contribution in [0.15, 0.2) is 152 Å². The molecular weight excluding hydrogens is 603 g/mol. The van der Waals surface area contributed by atoms with Gasteiger partial charge in [0.1, 0.15) is 16.0 Å².